The van der Waals surface area contributed by atoms with Crippen LogP contribution >= 0.6 is 11.3 Å². The normalized spacial score (nSPS) is 11.8. The summed E-state index contributed by atoms with van der Waals surface area (Å²) in [7, 11) is 0. The Balaban J connectivity index is 1.59. The number of aliphatic imine (C=N–C) groups is 1. The number of hydrogen-bond donors (Lipinski definition) is 3. The van der Waals surface area contributed by atoms with Gasteiger partial charge in [-0.3, -0.25) is 0 Å². The second-order valence-electron chi connectivity index (χ2n) is 5.51. The predicted molar refractivity (Wildman–Crippen MR) is 99.1 cm³/mol. The fraction of sp³-hybridized carbons (Fsp3) is 0.278. The number of aromatic nitrogens is 1. The van der Waals surface area contributed by atoms with Gasteiger partial charge in [-0.15, -0.1) is 0 Å². The third kappa shape index (κ3) is 4.14. The molecule has 0 atom stereocenters. The van der Waals surface area contributed by atoms with Crippen molar-refractivity contribution in [2.75, 3.05) is 13.1 Å². The molecule has 24 heavy (non-hydrogen) atoms. The van der Waals surface area contributed by atoms with Crippen molar-refractivity contribution in [3.63, 3.8) is 0 Å². The van der Waals surface area contributed by atoms with Crippen molar-refractivity contribution < 1.29 is 4.39 Å². The van der Waals surface area contributed by atoms with Crippen LogP contribution in [-0.2, 0) is 13.0 Å². The molecule has 2 aromatic heterocycles. The highest BCUT2D eigenvalue weighted by Gasteiger charge is 2.05. The van der Waals surface area contributed by atoms with Gasteiger partial charge in [0.05, 0.1) is 6.54 Å². The highest BCUT2D eigenvalue weighted by molar-refractivity contribution is 7.07. The Morgan fingerprint density at radius 1 is 1.29 bits per heavy atom. The standard InChI is InChI=1S/C18H21FN4S/c1-2-20-18(23-10-13-6-8-24-12-13)21-7-5-14-11-22-17-9-15(19)3-4-16(14)17/h3-4,6,8-9,11-12,22H,2,5,7,10H2,1H3,(H2,20,21,23). The van der Waals surface area contributed by atoms with E-state index in [9.17, 15) is 4.39 Å². The summed E-state index contributed by atoms with van der Waals surface area (Å²) in [5.41, 5.74) is 3.23. The van der Waals surface area contributed by atoms with E-state index in [1.54, 1.807) is 11.3 Å². The van der Waals surface area contributed by atoms with Crippen molar-refractivity contribution in [2.24, 2.45) is 4.99 Å². The molecule has 0 bridgehead atoms. The number of halogens is 1. The molecule has 0 fully saturated rings. The molecule has 3 N–H and O–H groups in total. The Morgan fingerprint density at radius 2 is 2.21 bits per heavy atom. The molecule has 0 aliphatic heterocycles. The van der Waals surface area contributed by atoms with E-state index >= 15 is 0 Å². The molecular weight excluding hydrogens is 323 g/mol. The number of aromatic amines is 1. The summed E-state index contributed by atoms with van der Waals surface area (Å²) in [6, 6.07) is 6.94. The van der Waals surface area contributed by atoms with E-state index in [2.05, 4.69) is 44.4 Å². The monoisotopic (exact) mass is 344 g/mol. The first-order valence-corrected chi connectivity index (χ1v) is 8.99. The Morgan fingerprint density at radius 3 is 3.00 bits per heavy atom. The van der Waals surface area contributed by atoms with Crippen molar-refractivity contribution in [2.45, 2.75) is 19.9 Å². The van der Waals surface area contributed by atoms with Gasteiger partial charge in [0.25, 0.3) is 0 Å². The molecule has 6 heteroatoms. The van der Waals surface area contributed by atoms with Crippen molar-refractivity contribution in [3.8, 4) is 0 Å². The zero-order chi connectivity index (χ0) is 16.8. The molecule has 3 aromatic rings. The predicted octanol–water partition coefficient (Wildman–Crippen LogP) is 3.67. The molecule has 0 radical (unpaired) electrons. The summed E-state index contributed by atoms with van der Waals surface area (Å²) in [5, 5.41) is 11.8. The van der Waals surface area contributed by atoms with Gasteiger partial charge in [0.2, 0.25) is 0 Å². The van der Waals surface area contributed by atoms with Crippen molar-refractivity contribution in [1.29, 1.82) is 0 Å². The van der Waals surface area contributed by atoms with Crippen molar-refractivity contribution in [1.82, 2.24) is 15.6 Å². The van der Waals surface area contributed by atoms with Crippen LogP contribution in [-0.4, -0.2) is 24.0 Å². The number of guanidine groups is 1. The third-order valence-electron chi connectivity index (χ3n) is 3.76. The molecular formula is C18H21FN4S. The smallest absolute Gasteiger partial charge is 0.191 e. The SMILES string of the molecule is CCNC(=NCc1ccsc1)NCCc1c[nH]c2cc(F)ccc12. The van der Waals surface area contributed by atoms with E-state index in [1.165, 1.54) is 23.3 Å². The number of hydrogen-bond acceptors (Lipinski definition) is 2. The number of thiophene rings is 1. The largest absolute Gasteiger partial charge is 0.361 e. The second-order valence-corrected chi connectivity index (χ2v) is 6.29. The van der Waals surface area contributed by atoms with E-state index in [1.807, 2.05) is 12.3 Å². The quantitative estimate of drug-likeness (QED) is 0.472. The topological polar surface area (TPSA) is 52.2 Å². The Kier molecular flexibility index (Phi) is 5.48. The first-order valence-electron chi connectivity index (χ1n) is 8.05. The molecule has 4 nitrogen and oxygen atoms in total. The Bertz CT molecular complexity index is 808. The summed E-state index contributed by atoms with van der Waals surface area (Å²) in [4.78, 5) is 7.72. The van der Waals surface area contributed by atoms with Gasteiger partial charge < -0.3 is 15.6 Å². The number of nitrogens with zero attached hydrogens (tertiary/aromatic N) is 1. The fourth-order valence-electron chi connectivity index (χ4n) is 2.58. The van der Waals surface area contributed by atoms with E-state index in [-0.39, 0.29) is 5.82 Å². The minimum absolute atomic E-state index is 0.218. The first-order chi connectivity index (χ1) is 11.8. The average molecular weight is 344 g/mol. The van der Waals surface area contributed by atoms with Gasteiger partial charge >= 0.3 is 0 Å². The molecule has 0 saturated carbocycles. The van der Waals surface area contributed by atoms with Gasteiger partial charge in [0.1, 0.15) is 5.82 Å². The average Bonchev–Trinajstić information content (AvgIpc) is 3.22. The lowest BCUT2D eigenvalue weighted by atomic mass is 10.1. The fourth-order valence-corrected chi connectivity index (χ4v) is 3.24. The number of benzene rings is 1. The summed E-state index contributed by atoms with van der Waals surface area (Å²) in [6.45, 7) is 4.31. The molecule has 0 amide bonds. The molecule has 0 saturated heterocycles. The maximum Gasteiger partial charge on any atom is 0.191 e. The van der Waals surface area contributed by atoms with Gasteiger partial charge in [-0.25, -0.2) is 9.38 Å². The molecule has 3 rings (SSSR count). The Labute approximate surface area is 144 Å². The van der Waals surface area contributed by atoms with Crippen molar-refractivity contribution in [3.05, 3.63) is 58.2 Å². The summed E-state index contributed by atoms with van der Waals surface area (Å²) in [5.74, 6) is 0.596. The van der Waals surface area contributed by atoms with E-state index < -0.39 is 0 Å². The van der Waals surface area contributed by atoms with Crippen LogP contribution in [0.3, 0.4) is 0 Å². The number of nitrogens with one attached hydrogen (secondary N) is 3. The zero-order valence-corrected chi connectivity index (χ0v) is 14.4. The molecule has 0 spiro atoms. The lowest BCUT2D eigenvalue weighted by molar-refractivity contribution is 0.629. The van der Waals surface area contributed by atoms with Gasteiger partial charge in [-0.05, 0) is 59.5 Å². The van der Waals surface area contributed by atoms with Gasteiger partial charge in [0, 0.05) is 30.2 Å². The first kappa shape index (κ1) is 16.5. The maximum atomic E-state index is 13.2. The van der Waals surface area contributed by atoms with Gasteiger partial charge in [-0.2, -0.15) is 11.3 Å². The van der Waals surface area contributed by atoms with Crippen LogP contribution in [0.2, 0.25) is 0 Å². The van der Waals surface area contributed by atoms with Gasteiger partial charge in [0.15, 0.2) is 5.96 Å². The third-order valence-corrected chi connectivity index (χ3v) is 4.49. The molecule has 0 aliphatic carbocycles. The maximum absolute atomic E-state index is 13.2. The minimum Gasteiger partial charge on any atom is -0.361 e. The molecule has 0 unspecified atom stereocenters. The molecule has 0 aliphatic rings. The molecule has 1 aromatic carbocycles. The summed E-state index contributed by atoms with van der Waals surface area (Å²) in [6.07, 6.45) is 2.79. The zero-order valence-electron chi connectivity index (χ0n) is 13.6. The van der Waals surface area contributed by atoms with Crippen LogP contribution in [0.5, 0.6) is 0 Å². The van der Waals surface area contributed by atoms with Crippen LogP contribution in [0.4, 0.5) is 4.39 Å². The molecule has 126 valence electrons. The minimum atomic E-state index is -0.218. The lowest BCUT2D eigenvalue weighted by Gasteiger charge is -2.10. The molecule has 2 heterocycles. The van der Waals surface area contributed by atoms with Crippen LogP contribution in [0.15, 0.2) is 46.2 Å². The van der Waals surface area contributed by atoms with E-state index in [0.29, 0.717) is 6.54 Å². The van der Waals surface area contributed by atoms with Crippen LogP contribution in [0, 0.1) is 5.82 Å². The summed E-state index contributed by atoms with van der Waals surface area (Å²) < 4.78 is 13.2. The number of rotatable bonds is 6. The van der Waals surface area contributed by atoms with Gasteiger partial charge in [-0.1, -0.05) is 0 Å². The van der Waals surface area contributed by atoms with E-state index in [0.717, 1.165) is 36.4 Å². The lowest BCUT2D eigenvalue weighted by Crippen LogP contribution is -2.38. The van der Waals surface area contributed by atoms with Crippen LogP contribution in [0.25, 0.3) is 10.9 Å². The highest BCUT2D eigenvalue weighted by Crippen LogP contribution is 2.19. The van der Waals surface area contributed by atoms with Crippen LogP contribution in [0.1, 0.15) is 18.1 Å². The van der Waals surface area contributed by atoms with Crippen molar-refractivity contribution >= 4 is 28.2 Å². The second kappa shape index (κ2) is 7.97. The van der Waals surface area contributed by atoms with Crippen LogP contribution < -0.4 is 10.6 Å². The number of H-pyrrole nitrogens is 1. The summed E-state index contributed by atoms with van der Waals surface area (Å²) >= 11 is 1.68. The van der Waals surface area contributed by atoms with E-state index in [4.69, 9.17) is 0 Å². The number of fused-ring (bicyclic) bond motifs is 1. The Hall–Kier alpha value is -2.34. The highest BCUT2D eigenvalue weighted by atomic mass is 32.1.